The summed E-state index contributed by atoms with van der Waals surface area (Å²) in [5, 5.41) is 10.9. The molecule has 0 amide bonds. The van der Waals surface area contributed by atoms with Crippen molar-refractivity contribution in [3.8, 4) is 5.75 Å². The second-order valence-corrected chi connectivity index (χ2v) is 4.92. The lowest BCUT2D eigenvalue weighted by Gasteiger charge is -2.25. The average Bonchev–Trinajstić information content (AvgIpc) is 2.54. The van der Waals surface area contributed by atoms with Crippen LogP contribution in [0.3, 0.4) is 0 Å². The summed E-state index contributed by atoms with van der Waals surface area (Å²) in [6.07, 6.45) is 0.430. The van der Waals surface area contributed by atoms with Gasteiger partial charge in [-0.15, -0.1) is 0 Å². The predicted molar refractivity (Wildman–Crippen MR) is 83.4 cm³/mol. The molecule has 8 heteroatoms. The van der Waals surface area contributed by atoms with Crippen molar-refractivity contribution in [1.29, 1.82) is 0 Å². The third-order valence-electron chi connectivity index (χ3n) is 3.30. The molecular formula is C16H17NO7. The minimum atomic E-state index is -0.864. The zero-order chi connectivity index (χ0) is 17.7. The van der Waals surface area contributed by atoms with Gasteiger partial charge in [-0.25, -0.2) is 4.79 Å². The minimum absolute atomic E-state index is 0.123. The van der Waals surface area contributed by atoms with Crippen LogP contribution in [0.15, 0.2) is 23.8 Å². The van der Waals surface area contributed by atoms with Gasteiger partial charge in [-0.3, -0.25) is 14.9 Å². The minimum Gasteiger partial charge on any atom is -0.484 e. The van der Waals surface area contributed by atoms with E-state index in [9.17, 15) is 19.7 Å². The highest BCUT2D eigenvalue weighted by Crippen LogP contribution is 2.34. The first kappa shape index (κ1) is 17.5. The van der Waals surface area contributed by atoms with E-state index >= 15 is 0 Å². The van der Waals surface area contributed by atoms with Crippen molar-refractivity contribution in [2.75, 3.05) is 13.2 Å². The molecule has 0 radical (unpaired) electrons. The Morgan fingerprint density at radius 2 is 1.96 bits per heavy atom. The number of non-ortho nitro benzene ring substituents is 1. The molecule has 0 saturated carbocycles. The van der Waals surface area contributed by atoms with Gasteiger partial charge in [-0.2, -0.15) is 0 Å². The summed E-state index contributed by atoms with van der Waals surface area (Å²) in [4.78, 5) is 34.2. The van der Waals surface area contributed by atoms with Gasteiger partial charge >= 0.3 is 11.9 Å². The van der Waals surface area contributed by atoms with Crippen molar-refractivity contribution in [3.05, 3.63) is 39.4 Å². The Balaban J connectivity index is 2.36. The van der Waals surface area contributed by atoms with Crippen molar-refractivity contribution in [3.63, 3.8) is 0 Å². The fourth-order valence-electron chi connectivity index (χ4n) is 2.27. The van der Waals surface area contributed by atoms with Crippen LogP contribution in [-0.4, -0.2) is 36.2 Å². The smallest absolute Gasteiger partial charge is 0.337 e. The maximum atomic E-state index is 12.1. The van der Waals surface area contributed by atoms with E-state index in [1.54, 1.807) is 13.8 Å². The van der Waals surface area contributed by atoms with E-state index in [0.29, 0.717) is 11.3 Å². The summed E-state index contributed by atoms with van der Waals surface area (Å²) < 4.78 is 15.5. The average molecular weight is 335 g/mol. The zero-order valence-electron chi connectivity index (χ0n) is 13.3. The van der Waals surface area contributed by atoms with Crippen LogP contribution in [0.4, 0.5) is 5.69 Å². The molecule has 1 heterocycles. The molecule has 1 aliphatic rings. The van der Waals surface area contributed by atoms with Crippen molar-refractivity contribution >= 4 is 23.7 Å². The Kier molecular flexibility index (Phi) is 5.51. The topological polar surface area (TPSA) is 105 Å². The number of carbonyl (C=O) groups is 2. The molecule has 0 saturated heterocycles. The van der Waals surface area contributed by atoms with Crippen molar-refractivity contribution in [2.45, 2.75) is 26.4 Å². The zero-order valence-corrected chi connectivity index (χ0v) is 13.3. The molecule has 24 heavy (non-hydrogen) atoms. The first-order chi connectivity index (χ1) is 11.5. The second-order valence-electron chi connectivity index (χ2n) is 4.92. The fourth-order valence-corrected chi connectivity index (χ4v) is 2.27. The van der Waals surface area contributed by atoms with E-state index in [0.717, 1.165) is 0 Å². The quantitative estimate of drug-likeness (QED) is 0.446. The number of rotatable bonds is 6. The fraction of sp³-hybridized carbons (Fsp3) is 0.375. The van der Waals surface area contributed by atoms with E-state index in [1.807, 2.05) is 0 Å². The van der Waals surface area contributed by atoms with Gasteiger partial charge in [0, 0.05) is 17.7 Å². The Morgan fingerprint density at radius 3 is 2.58 bits per heavy atom. The summed E-state index contributed by atoms with van der Waals surface area (Å²) >= 11 is 0. The van der Waals surface area contributed by atoms with Crippen LogP contribution >= 0.6 is 0 Å². The maximum Gasteiger partial charge on any atom is 0.337 e. The van der Waals surface area contributed by atoms with E-state index in [1.165, 1.54) is 24.3 Å². The number of nitro groups is 1. The monoisotopic (exact) mass is 335 g/mol. The first-order valence-electron chi connectivity index (χ1n) is 7.45. The van der Waals surface area contributed by atoms with Crippen molar-refractivity contribution in [2.24, 2.45) is 0 Å². The lowest BCUT2D eigenvalue weighted by Crippen LogP contribution is -2.31. The predicted octanol–water partition coefficient (Wildman–Crippen LogP) is 2.26. The molecule has 0 fully saturated rings. The van der Waals surface area contributed by atoms with Gasteiger partial charge < -0.3 is 14.2 Å². The summed E-state index contributed by atoms with van der Waals surface area (Å²) in [6.45, 7) is 3.70. The van der Waals surface area contributed by atoms with Crippen molar-refractivity contribution < 1.29 is 28.7 Å². The number of carbonyl (C=O) groups excluding carboxylic acids is 2. The van der Waals surface area contributed by atoms with Crippen LogP contribution in [-0.2, 0) is 19.1 Å². The van der Waals surface area contributed by atoms with Gasteiger partial charge in [0.05, 0.1) is 30.1 Å². The number of esters is 2. The van der Waals surface area contributed by atoms with E-state index in [4.69, 9.17) is 14.2 Å². The molecule has 1 aliphatic heterocycles. The van der Waals surface area contributed by atoms with Gasteiger partial charge in [0.15, 0.2) is 0 Å². The highest BCUT2D eigenvalue weighted by molar-refractivity contribution is 5.97. The van der Waals surface area contributed by atoms with Crippen LogP contribution in [0.25, 0.3) is 6.08 Å². The number of hydrogen-bond donors (Lipinski definition) is 0. The number of benzene rings is 1. The molecule has 1 aromatic carbocycles. The highest BCUT2D eigenvalue weighted by atomic mass is 16.6. The lowest BCUT2D eigenvalue weighted by molar-refractivity contribution is -0.384. The lowest BCUT2D eigenvalue weighted by atomic mass is 9.99. The number of nitrogens with zero attached hydrogens (tertiary/aromatic N) is 1. The summed E-state index contributed by atoms with van der Waals surface area (Å²) in [5.74, 6) is -0.796. The number of hydrogen-bond acceptors (Lipinski definition) is 7. The molecule has 0 spiro atoms. The third-order valence-corrected chi connectivity index (χ3v) is 3.30. The number of nitro benzene ring substituents is 1. The molecule has 0 N–H and O–H groups in total. The molecule has 0 bridgehead atoms. The number of ether oxygens (including phenoxy) is 3. The molecule has 0 aliphatic carbocycles. The Hall–Kier alpha value is -2.90. The largest absolute Gasteiger partial charge is 0.484 e. The maximum absolute atomic E-state index is 12.1. The van der Waals surface area contributed by atoms with Crippen LogP contribution in [0.1, 0.15) is 25.8 Å². The molecule has 1 unspecified atom stereocenters. The summed E-state index contributed by atoms with van der Waals surface area (Å²) in [7, 11) is 0. The third kappa shape index (κ3) is 3.89. The normalized spacial score (nSPS) is 15.6. The first-order valence-corrected chi connectivity index (χ1v) is 7.45. The molecule has 1 aromatic rings. The van der Waals surface area contributed by atoms with Crippen molar-refractivity contribution in [1.82, 2.24) is 0 Å². The van der Waals surface area contributed by atoms with Crippen LogP contribution in [0, 0.1) is 10.1 Å². The van der Waals surface area contributed by atoms with Crippen LogP contribution in [0.2, 0.25) is 0 Å². The molecule has 0 aromatic heterocycles. The number of fused-ring (bicyclic) bond motifs is 1. The van der Waals surface area contributed by atoms with Gasteiger partial charge in [0.25, 0.3) is 5.69 Å². The molecule has 8 nitrogen and oxygen atoms in total. The summed E-state index contributed by atoms with van der Waals surface area (Å²) in [5.41, 5.74) is 0.380. The molecule has 128 valence electrons. The van der Waals surface area contributed by atoms with Gasteiger partial charge in [0.2, 0.25) is 0 Å². The molecular weight excluding hydrogens is 318 g/mol. The van der Waals surface area contributed by atoms with Gasteiger partial charge in [-0.05, 0) is 26.0 Å². The standard InChI is InChI=1S/C16H17NO7/c1-3-22-15(18)9-14-12(16(19)23-4-2)8-10-7-11(17(20)21)5-6-13(10)24-14/h5-8,14H,3-4,9H2,1-2H3. The second kappa shape index (κ2) is 7.58. The Morgan fingerprint density at radius 1 is 1.25 bits per heavy atom. The highest BCUT2D eigenvalue weighted by Gasteiger charge is 2.31. The molecule has 2 rings (SSSR count). The molecule has 1 atom stereocenters. The van der Waals surface area contributed by atoms with E-state index in [-0.39, 0.29) is 30.9 Å². The summed E-state index contributed by atoms with van der Waals surface area (Å²) in [6, 6.07) is 4.03. The van der Waals surface area contributed by atoms with E-state index < -0.39 is 23.0 Å². The Labute approximate surface area is 138 Å². The van der Waals surface area contributed by atoms with Crippen LogP contribution in [0.5, 0.6) is 5.75 Å². The van der Waals surface area contributed by atoms with Crippen LogP contribution < -0.4 is 4.74 Å². The Bertz CT molecular complexity index is 696. The van der Waals surface area contributed by atoms with Gasteiger partial charge in [-0.1, -0.05) is 0 Å². The van der Waals surface area contributed by atoms with Gasteiger partial charge in [0.1, 0.15) is 11.9 Å². The van der Waals surface area contributed by atoms with E-state index in [2.05, 4.69) is 0 Å². The SMILES string of the molecule is CCOC(=O)CC1Oc2ccc([N+](=O)[O-])cc2C=C1C(=O)OCC.